The Labute approximate surface area is 101 Å². The summed E-state index contributed by atoms with van der Waals surface area (Å²) in [5, 5.41) is 7.49. The van der Waals surface area contributed by atoms with Gasteiger partial charge in [0.2, 0.25) is 0 Å². The van der Waals surface area contributed by atoms with Gasteiger partial charge in [-0.2, -0.15) is 5.10 Å². The first-order valence-electron chi connectivity index (χ1n) is 5.55. The Morgan fingerprint density at radius 1 is 1.41 bits per heavy atom. The van der Waals surface area contributed by atoms with Gasteiger partial charge < -0.3 is 10.1 Å². The van der Waals surface area contributed by atoms with E-state index < -0.39 is 0 Å². The van der Waals surface area contributed by atoms with Crippen molar-refractivity contribution in [2.45, 2.75) is 13.5 Å². The third-order valence-electron chi connectivity index (χ3n) is 2.65. The van der Waals surface area contributed by atoms with Crippen molar-refractivity contribution >= 4 is 5.69 Å². The molecule has 90 valence electrons. The third kappa shape index (κ3) is 2.78. The average Bonchev–Trinajstić information content (AvgIpc) is 2.73. The van der Waals surface area contributed by atoms with Crippen LogP contribution in [0.5, 0.6) is 5.75 Å². The van der Waals surface area contributed by atoms with E-state index in [9.17, 15) is 0 Å². The molecule has 0 saturated carbocycles. The number of anilines is 1. The summed E-state index contributed by atoms with van der Waals surface area (Å²) in [5.41, 5.74) is 3.39. The quantitative estimate of drug-likeness (QED) is 0.878. The van der Waals surface area contributed by atoms with Gasteiger partial charge in [-0.25, -0.2) is 0 Å². The van der Waals surface area contributed by atoms with E-state index in [2.05, 4.69) is 16.5 Å². The van der Waals surface area contributed by atoms with Crippen LogP contribution in [-0.2, 0) is 13.6 Å². The van der Waals surface area contributed by atoms with Gasteiger partial charge in [-0.3, -0.25) is 4.68 Å². The van der Waals surface area contributed by atoms with Gasteiger partial charge in [-0.05, 0) is 30.7 Å². The number of aromatic nitrogens is 2. The lowest BCUT2D eigenvalue weighted by Gasteiger charge is -2.08. The van der Waals surface area contributed by atoms with Crippen molar-refractivity contribution in [1.29, 1.82) is 0 Å². The summed E-state index contributed by atoms with van der Waals surface area (Å²) in [6, 6.07) is 6.07. The van der Waals surface area contributed by atoms with Crippen LogP contribution in [0.4, 0.5) is 5.69 Å². The molecule has 17 heavy (non-hydrogen) atoms. The topological polar surface area (TPSA) is 39.1 Å². The molecule has 1 heterocycles. The standard InChI is InChI=1S/C13H17N3O/c1-10-6-12(4-5-13(10)17-3)14-7-11-8-15-16(2)9-11/h4-6,8-9,14H,7H2,1-3H3. The summed E-state index contributed by atoms with van der Waals surface area (Å²) in [6.07, 6.45) is 3.87. The Morgan fingerprint density at radius 2 is 2.24 bits per heavy atom. The second-order valence-corrected chi connectivity index (χ2v) is 4.06. The molecule has 0 atom stereocenters. The van der Waals surface area contributed by atoms with Gasteiger partial charge in [0.1, 0.15) is 5.75 Å². The molecule has 0 aliphatic heterocycles. The Balaban J connectivity index is 2.02. The highest BCUT2D eigenvalue weighted by molar-refractivity contribution is 5.50. The highest BCUT2D eigenvalue weighted by Gasteiger charge is 2.00. The molecule has 0 unspecified atom stereocenters. The summed E-state index contributed by atoms with van der Waals surface area (Å²) in [6.45, 7) is 2.81. The molecule has 1 aromatic heterocycles. The summed E-state index contributed by atoms with van der Waals surface area (Å²) in [4.78, 5) is 0. The average molecular weight is 231 g/mol. The maximum absolute atomic E-state index is 5.22. The van der Waals surface area contributed by atoms with Crippen LogP contribution in [0.3, 0.4) is 0 Å². The zero-order chi connectivity index (χ0) is 12.3. The maximum Gasteiger partial charge on any atom is 0.121 e. The zero-order valence-electron chi connectivity index (χ0n) is 10.4. The number of benzene rings is 1. The fourth-order valence-electron chi connectivity index (χ4n) is 1.76. The van der Waals surface area contributed by atoms with Crippen molar-refractivity contribution in [2.75, 3.05) is 12.4 Å². The van der Waals surface area contributed by atoms with Crippen molar-refractivity contribution in [3.05, 3.63) is 41.7 Å². The zero-order valence-corrected chi connectivity index (χ0v) is 10.4. The third-order valence-corrected chi connectivity index (χ3v) is 2.65. The van der Waals surface area contributed by atoms with Crippen molar-refractivity contribution in [2.24, 2.45) is 7.05 Å². The lowest BCUT2D eigenvalue weighted by atomic mass is 10.2. The molecule has 1 aromatic carbocycles. The maximum atomic E-state index is 5.22. The van der Waals surface area contributed by atoms with Crippen molar-refractivity contribution < 1.29 is 4.74 Å². The lowest BCUT2D eigenvalue weighted by Crippen LogP contribution is -1.99. The molecule has 0 aliphatic rings. The summed E-state index contributed by atoms with van der Waals surface area (Å²) < 4.78 is 7.03. The van der Waals surface area contributed by atoms with E-state index in [0.29, 0.717) is 0 Å². The molecule has 2 rings (SSSR count). The number of ether oxygens (including phenoxy) is 1. The smallest absolute Gasteiger partial charge is 0.121 e. The molecule has 0 amide bonds. The minimum absolute atomic E-state index is 0.777. The molecular weight excluding hydrogens is 214 g/mol. The Hall–Kier alpha value is -1.97. The van der Waals surface area contributed by atoms with E-state index in [1.165, 1.54) is 5.56 Å². The highest BCUT2D eigenvalue weighted by Crippen LogP contribution is 2.21. The molecule has 1 N–H and O–H groups in total. The number of rotatable bonds is 4. The fourth-order valence-corrected chi connectivity index (χ4v) is 1.76. The predicted molar refractivity (Wildman–Crippen MR) is 68.3 cm³/mol. The minimum Gasteiger partial charge on any atom is -0.496 e. The number of nitrogens with one attached hydrogen (secondary N) is 1. The summed E-state index contributed by atoms with van der Waals surface area (Å²) in [5.74, 6) is 0.914. The second-order valence-electron chi connectivity index (χ2n) is 4.06. The van der Waals surface area contributed by atoms with Crippen molar-refractivity contribution in [1.82, 2.24) is 9.78 Å². The molecule has 4 nitrogen and oxygen atoms in total. The summed E-state index contributed by atoms with van der Waals surface area (Å²) in [7, 11) is 3.60. The van der Waals surface area contributed by atoms with Crippen LogP contribution in [0, 0.1) is 6.92 Å². The van der Waals surface area contributed by atoms with Gasteiger partial charge in [0.15, 0.2) is 0 Å². The van der Waals surface area contributed by atoms with Crippen molar-refractivity contribution in [3.63, 3.8) is 0 Å². The monoisotopic (exact) mass is 231 g/mol. The number of nitrogens with zero attached hydrogens (tertiary/aromatic N) is 2. The SMILES string of the molecule is COc1ccc(NCc2cnn(C)c2)cc1C. The number of aryl methyl sites for hydroxylation is 2. The van der Waals surface area contributed by atoms with Crippen LogP contribution in [0.1, 0.15) is 11.1 Å². The predicted octanol–water partition coefficient (Wildman–Crippen LogP) is 2.35. The van der Waals surface area contributed by atoms with E-state index in [4.69, 9.17) is 4.74 Å². The number of methoxy groups -OCH3 is 1. The molecule has 0 aliphatic carbocycles. The molecule has 0 bridgehead atoms. The van der Waals surface area contributed by atoms with Crippen LogP contribution in [-0.4, -0.2) is 16.9 Å². The van der Waals surface area contributed by atoms with E-state index >= 15 is 0 Å². The van der Waals surface area contributed by atoms with Crippen LogP contribution < -0.4 is 10.1 Å². The lowest BCUT2D eigenvalue weighted by molar-refractivity contribution is 0.412. The first-order valence-corrected chi connectivity index (χ1v) is 5.55. The van der Waals surface area contributed by atoms with E-state index in [0.717, 1.165) is 23.5 Å². The Kier molecular flexibility index (Phi) is 3.32. The first-order chi connectivity index (χ1) is 8.19. The minimum atomic E-state index is 0.777. The number of hydrogen-bond donors (Lipinski definition) is 1. The highest BCUT2D eigenvalue weighted by atomic mass is 16.5. The van der Waals surface area contributed by atoms with Crippen molar-refractivity contribution in [3.8, 4) is 5.75 Å². The summed E-state index contributed by atoms with van der Waals surface area (Å²) >= 11 is 0. The normalized spacial score (nSPS) is 10.3. The molecular formula is C13H17N3O. The van der Waals surface area contributed by atoms with Gasteiger partial charge in [0, 0.05) is 31.0 Å². The van der Waals surface area contributed by atoms with Crippen LogP contribution in [0.15, 0.2) is 30.6 Å². The number of hydrogen-bond acceptors (Lipinski definition) is 3. The fraction of sp³-hybridized carbons (Fsp3) is 0.308. The Bertz CT molecular complexity index is 505. The molecule has 0 spiro atoms. The molecule has 0 saturated heterocycles. The van der Waals surface area contributed by atoms with E-state index in [-0.39, 0.29) is 0 Å². The largest absolute Gasteiger partial charge is 0.496 e. The van der Waals surface area contributed by atoms with Crippen LogP contribution >= 0.6 is 0 Å². The molecule has 0 fully saturated rings. The van der Waals surface area contributed by atoms with Gasteiger partial charge in [0.05, 0.1) is 13.3 Å². The van der Waals surface area contributed by atoms with Crippen LogP contribution in [0.25, 0.3) is 0 Å². The van der Waals surface area contributed by atoms with Gasteiger partial charge in [-0.1, -0.05) is 0 Å². The molecule has 2 aromatic rings. The Morgan fingerprint density at radius 3 is 2.82 bits per heavy atom. The van der Waals surface area contributed by atoms with E-state index in [1.807, 2.05) is 38.5 Å². The molecule has 4 heteroatoms. The van der Waals surface area contributed by atoms with Gasteiger partial charge in [0.25, 0.3) is 0 Å². The first kappa shape index (κ1) is 11.5. The van der Waals surface area contributed by atoms with E-state index in [1.54, 1.807) is 11.8 Å². The second kappa shape index (κ2) is 4.91. The van der Waals surface area contributed by atoms with Gasteiger partial charge in [-0.15, -0.1) is 0 Å². The van der Waals surface area contributed by atoms with Crippen LogP contribution in [0.2, 0.25) is 0 Å². The van der Waals surface area contributed by atoms with Gasteiger partial charge >= 0.3 is 0 Å². The molecule has 0 radical (unpaired) electrons.